The molecule has 120 valence electrons. The first kappa shape index (κ1) is 17.8. The first-order chi connectivity index (χ1) is 10.2. The first-order valence-corrected chi connectivity index (χ1v) is 7.49. The summed E-state index contributed by atoms with van der Waals surface area (Å²) in [5.41, 5.74) is 0.952. The molecule has 0 aliphatic rings. The van der Waals surface area contributed by atoms with Crippen molar-refractivity contribution in [3.8, 4) is 0 Å². The summed E-state index contributed by atoms with van der Waals surface area (Å²) < 4.78 is 10.4. The van der Waals surface area contributed by atoms with Crippen molar-refractivity contribution < 1.29 is 9.47 Å². The molecule has 0 aromatic carbocycles. The molecule has 0 fully saturated rings. The van der Waals surface area contributed by atoms with E-state index in [9.17, 15) is 0 Å². The Morgan fingerprint density at radius 3 is 2.76 bits per heavy atom. The van der Waals surface area contributed by atoms with E-state index in [0.29, 0.717) is 13.2 Å². The van der Waals surface area contributed by atoms with Crippen molar-refractivity contribution in [2.75, 3.05) is 45.4 Å². The van der Waals surface area contributed by atoms with Crippen LogP contribution < -0.4 is 10.2 Å². The van der Waals surface area contributed by atoms with Gasteiger partial charge in [0.15, 0.2) is 0 Å². The molecule has 0 saturated carbocycles. The molecule has 1 aromatic rings. The van der Waals surface area contributed by atoms with Gasteiger partial charge >= 0.3 is 0 Å². The van der Waals surface area contributed by atoms with Crippen LogP contribution in [-0.2, 0) is 16.0 Å². The quantitative estimate of drug-likeness (QED) is 0.624. The summed E-state index contributed by atoms with van der Waals surface area (Å²) in [6, 6.07) is 0.221. The van der Waals surface area contributed by atoms with E-state index in [4.69, 9.17) is 14.5 Å². The Morgan fingerprint density at radius 1 is 1.29 bits per heavy atom. The molecule has 0 bridgehead atoms. The third-order valence-corrected chi connectivity index (χ3v) is 3.18. The largest absolute Gasteiger partial charge is 0.383 e. The fourth-order valence-corrected chi connectivity index (χ4v) is 2.09. The minimum Gasteiger partial charge on any atom is -0.383 e. The average Bonchev–Trinajstić information content (AvgIpc) is 2.49. The highest BCUT2D eigenvalue weighted by Gasteiger charge is 2.16. The zero-order valence-corrected chi connectivity index (χ0v) is 13.6. The summed E-state index contributed by atoms with van der Waals surface area (Å²) in [4.78, 5) is 11.2. The van der Waals surface area contributed by atoms with Gasteiger partial charge in [0.2, 0.25) is 0 Å². The van der Waals surface area contributed by atoms with E-state index in [1.54, 1.807) is 20.4 Å². The number of anilines is 1. The number of ether oxygens (including phenoxy) is 2. The van der Waals surface area contributed by atoms with Gasteiger partial charge in [-0.05, 0) is 19.9 Å². The molecule has 1 rings (SSSR count). The van der Waals surface area contributed by atoms with Crippen molar-refractivity contribution in [1.82, 2.24) is 15.3 Å². The molecule has 6 nitrogen and oxygen atoms in total. The smallest absolute Gasteiger partial charge is 0.147 e. The molecule has 0 spiro atoms. The third kappa shape index (κ3) is 6.37. The number of nitrogens with zero attached hydrogens (tertiary/aromatic N) is 3. The molecule has 0 aliphatic heterocycles. The van der Waals surface area contributed by atoms with Crippen molar-refractivity contribution in [1.29, 1.82) is 0 Å². The lowest BCUT2D eigenvalue weighted by Gasteiger charge is -2.29. The second kappa shape index (κ2) is 10.5. The van der Waals surface area contributed by atoms with Crippen LogP contribution in [0, 0.1) is 0 Å². The van der Waals surface area contributed by atoms with E-state index in [1.165, 1.54) is 0 Å². The van der Waals surface area contributed by atoms with Gasteiger partial charge in [-0.3, -0.25) is 4.98 Å². The second-order valence-electron chi connectivity index (χ2n) is 5.04. The van der Waals surface area contributed by atoms with Crippen molar-refractivity contribution in [2.45, 2.75) is 32.9 Å². The van der Waals surface area contributed by atoms with Gasteiger partial charge in [-0.2, -0.15) is 0 Å². The predicted octanol–water partition coefficient (Wildman–Crippen LogP) is 1.46. The Hall–Kier alpha value is -1.24. The molecule has 21 heavy (non-hydrogen) atoms. The van der Waals surface area contributed by atoms with Crippen LogP contribution in [0.5, 0.6) is 0 Å². The van der Waals surface area contributed by atoms with Crippen LogP contribution in [0.1, 0.15) is 26.0 Å². The summed E-state index contributed by atoms with van der Waals surface area (Å²) in [7, 11) is 3.41. The monoisotopic (exact) mass is 296 g/mol. The van der Waals surface area contributed by atoms with Gasteiger partial charge < -0.3 is 19.7 Å². The molecule has 1 heterocycles. The van der Waals surface area contributed by atoms with Crippen LogP contribution in [-0.4, -0.2) is 56.5 Å². The number of nitrogens with one attached hydrogen (secondary N) is 1. The van der Waals surface area contributed by atoms with Crippen molar-refractivity contribution >= 4 is 5.82 Å². The predicted molar refractivity (Wildman–Crippen MR) is 84.6 cm³/mol. The fourth-order valence-electron chi connectivity index (χ4n) is 2.09. The summed E-state index contributed by atoms with van der Waals surface area (Å²) in [5, 5.41) is 3.34. The van der Waals surface area contributed by atoms with Gasteiger partial charge in [-0.1, -0.05) is 6.92 Å². The van der Waals surface area contributed by atoms with Gasteiger partial charge in [0.1, 0.15) is 5.82 Å². The maximum atomic E-state index is 5.25. The molecule has 1 unspecified atom stereocenters. The van der Waals surface area contributed by atoms with Gasteiger partial charge in [-0.25, -0.2) is 4.98 Å². The van der Waals surface area contributed by atoms with E-state index in [-0.39, 0.29) is 6.04 Å². The molecular formula is C15H28N4O2. The van der Waals surface area contributed by atoms with E-state index in [1.807, 2.05) is 6.20 Å². The molecule has 1 N–H and O–H groups in total. The van der Waals surface area contributed by atoms with Gasteiger partial charge in [0.25, 0.3) is 0 Å². The van der Waals surface area contributed by atoms with Crippen LogP contribution in [0.3, 0.4) is 0 Å². The standard InChI is InChI=1S/C15H28N4O2/c1-5-6-16-9-14-10-17-11-15(18-14)19(7-8-20-3)13(2)12-21-4/h10-11,13,16H,5-9,12H2,1-4H3. The lowest BCUT2D eigenvalue weighted by molar-refractivity contribution is 0.170. The molecule has 6 heteroatoms. The molecule has 0 amide bonds. The highest BCUT2D eigenvalue weighted by Crippen LogP contribution is 2.13. The van der Waals surface area contributed by atoms with E-state index >= 15 is 0 Å². The summed E-state index contributed by atoms with van der Waals surface area (Å²) in [5.74, 6) is 0.868. The summed E-state index contributed by atoms with van der Waals surface area (Å²) in [6.07, 6.45) is 4.71. The number of methoxy groups -OCH3 is 2. The molecule has 1 aromatic heterocycles. The zero-order chi connectivity index (χ0) is 15.5. The van der Waals surface area contributed by atoms with E-state index < -0.39 is 0 Å². The number of aromatic nitrogens is 2. The molecule has 0 aliphatic carbocycles. The molecule has 1 atom stereocenters. The highest BCUT2D eigenvalue weighted by molar-refractivity contribution is 5.37. The van der Waals surface area contributed by atoms with Crippen LogP contribution in [0.2, 0.25) is 0 Å². The second-order valence-corrected chi connectivity index (χ2v) is 5.04. The lowest BCUT2D eigenvalue weighted by atomic mass is 10.3. The first-order valence-electron chi connectivity index (χ1n) is 7.49. The van der Waals surface area contributed by atoms with Crippen LogP contribution in [0.15, 0.2) is 12.4 Å². The van der Waals surface area contributed by atoms with E-state index in [2.05, 4.69) is 29.0 Å². The minimum atomic E-state index is 0.221. The molecular weight excluding hydrogens is 268 g/mol. The highest BCUT2D eigenvalue weighted by atomic mass is 16.5. The van der Waals surface area contributed by atoms with Crippen molar-refractivity contribution in [2.24, 2.45) is 0 Å². The van der Waals surface area contributed by atoms with Crippen molar-refractivity contribution in [3.05, 3.63) is 18.1 Å². The number of hydrogen-bond donors (Lipinski definition) is 1. The molecule has 0 saturated heterocycles. The maximum absolute atomic E-state index is 5.25. The number of rotatable bonds is 11. The Morgan fingerprint density at radius 2 is 2.10 bits per heavy atom. The Kier molecular flexibility index (Phi) is 8.89. The maximum Gasteiger partial charge on any atom is 0.147 e. The van der Waals surface area contributed by atoms with Crippen molar-refractivity contribution in [3.63, 3.8) is 0 Å². The normalized spacial score (nSPS) is 12.4. The van der Waals surface area contributed by atoms with Crippen LogP contribution in [0.4, 0.5) is 5.82 Å². The van der Waals surface area contributed by atoms with Gasteiger partial charge in [0.05, 0.1) is 31.1 Å². The SMILES string of the molecule is CCCNCc1cncc(N(CCOC)C(C)COC)n1. The Balaban J connectivity index is 2.77. The molecule has 0 radical (unpaired) electrons. The summed E-state index contributed by atoms with van der Waals surface area (Å²) >= 11 is 0. The fraction of sp³-hybridized carbons (Fsp3) is 0.733. The van der Waals surface area contributed by atoms with Gasteiger partial charge in [0, 0.05) is 33.5 Å². The van der Waals surface area contributed by atoms with Crippen LogP contribution in [0.25, 0.3) is 0 Å². The average molecular weight is 296 g/mol. The Labute approximate surface area is 127 Å². The topological polar surface area (TPSA) is 59.5 Å². The lowest BCUT2D eigenvalue weighted by Crippen LogP contribution is -2.39. The minimum absolute atomic E-state index is 0.221. The third-order valence-electron chi connectivity index (χ3n) is 3.18. The van der Waals surface area contributed by atoms with Gasteiger partial charge in [-0.15, -0.1) is 0 Å². The van der Waals surface area contributed by atoms with E-state index in [0.717, 1.165) is 37.6 Å². The summed E-state index contributed by atoms with van der Waals surface area (Å²) in [6.45, 7) is 8.04. The number of hydrogen-bond acceptors (Lipinski definition) is 6. The Bertz CT molecular complexity index is 390. The zero-order valence-electron chi connectivity index (χ0n) is 13.6. The van der Waals surface area contributed by atoms with Crippen LogP contribution >= 0.6 is 0 Å².